The number of Topliss-reactive ketones (excluding diaryl/α,β-unsaturated/α-hetero) is 1. The molecule has 3 fully saturated rings. The summed E-state index contributed by atoms with van der Waals surface area (Å²) in [5.74, 6) is -9.19. The molecule has 0 spiro atoms. The van der Waals surface area contributed by atoms with Crippen LogP contribution in [-0.4, -0.2) is 142 Å². The molecular formula is C46H59N3O18. The topological polar surface area (TPSA) is 326 Å². The molecule has 21 heteroatoms. The summed E-state index contributed by atoms with van der Waals surface area (Å²) < 4.78 is 40.2. The van der Waals surface area contributed by atoms with Crippen molar-refractivity contribution in [1.82, 2.24) is 5.32 Å². The molecule has 1 heterocycles. The molecule has 1 saturated heterocycles. The summed E-state index contributed by atoms with van der Waals surface area (Å²) in [5, 5.41) is 40.4. The third-order valence-corrected chi connectivity index (χ3v) is 13.6. The summed E-state index contributed by atoms with van der Waals surface area (Å²) >= 11 is 0. The van der Waals surface area contributed by atoms with Crippen LogP contribution in [-0.2, 0) is 61.9 Å². The number of hydrogen-bond acceptors (Lipinski definition) is 19. The summed E-state index contributed by atoms with van der Waals surface area (Å²) in [7, 11) is 0. The van der Waals surface area contributed by atoms with E-state index in [9.17, 15) is 48.9 Å². The van der Waals surface area contributed by atoms with Gasteiger partial charge in [0, 0.05) is 25.2 Å². The largest absolute Gasteiger partial charge is 0.455 e. The highest BCUT2D eigenvalue weighted by Crippen LogP contribution is 2.64. The highest BCUT2D eigenvalue weighted by Gasteiger charge is 2.78. The highest BCUT2D eigenvalue weighted by molar-refractivity contribution is 5.94. The van der Waals surface area contributed by atoms with E-state index in [1.54, 1.807) is 45.0 Å². The number of nitrogens with two attached hydrogens (primary N) is 2. The molecule has 1 aromatic carbocycles. The molecule has 1 aromatic rings. The maximum Gasteiger partial charge on any atom is 0.408 e. The number of hydrogen-bond donors (Lipinski definition) is 6. The van der Waals surface area contributed by atoms with Crippen LogP contribution in [0.25, 0.3) is 0 Å². The number of rotatable bonds is 14. The zero-order valence-corrected chi connectivity index (χ0v) is 38.5. The first-order valence-electron chi connectivity index (χ1n) is 21.8. The maximum atomic E-state index is 15.1. The second-order valence-corrected chi connectivity index (χ2v) is 19.5. The number of nitrogens with one attached hydrogen (secondary N) is 1. The number of allylic oxidation sites excluding steroid dienone is 1. The fraction of sp³-hybridized carbons (Fsp3) is 0.609. The Balaban J connectivity index is 1.45. The number of aliphatic hydroxyl groups excluding tert-OH is 2. The van der Waals surface area contributed by atoms with Crippen molar-refractivity contribution in [2.75, 3.05) is 13.2 Å². The number of ketones is 1. The van der Waals surface area contributed by atoms with Gasteiger partial charge in [-0.1, -0.05) is 38.1 Å². The normalized spacial score (nSPS) is 31.8. The van der Waals surface area contributed by atoms with Crippen molar-refractivity contribution in [3.8, 4) is 0 Å². The van der Waals surface area contributed by atoms with Crippen LogP contribution in [0.5, 0.6) is 0 Å². The van der Waals surface area contributed by atoms with Gasteiger partial charge in [0.15, 0.2) is 18.0 Å². The van der Waals surface area contributed by atoms with Crippen molar-refractivity contribution in [1.29, 1.82) is 0 Å². The molecule has 1 aliphatic heterocycles. The van der Waals surface area contributed by atoms with Gasteiger partial charge in [0.25, 0.3) is 0 Å². The van der Waals surface area contributed by atoms with Gasteiger partial charge in [-0.25, -0.2) is 19.2 Å². The Bertz CT molecular complexity index is 2270. The minimum absolute atomic E-state index is 0.0213. The molecule has 67 heavy (non-hydrogen) atoms. The number of ether oxygens (including phenoxy) is 7. The molecule has 366 valence electrons. The van der Waals surface area contributed by atoms with E-state index in [-0.39, 0.29) is 36.2 Å². The molecule has 2 amide bonds. The number of carbonyl (C=O) groups is 8. The second kappa shape index (κ2) is 18.4. The fourth-order valence-corrected chi connectivity index (χ4v) is 10.00. The van der Waals surface area contributed by atoms with Crippen molar-refractivity contribution in [3.63, 3.8) is 0 Å². The summed E-state index contributed by atoms with van der Waals surface area (Å²) in [5.41, 5.74) is 1.80. The van der Waals surface area contributed by atoms with E-state index in [1.807, 2.05) is 0 Å². The lowest BCUT2D eigenvalue weighted by molar-refractivity contribution is -0.346. The third-order valence-electron chi connectivity index (χ3n) is 13.6. The van der Waals surface area contributed by atoms with E-state index >= 15 is 4.79 Å². The minimum atomic E-state index is -2.48. The van der Waals surface area contributed by atoms with Gasteiger partial charge in [0.05, 0.1) is 42.1 Å². The first kappa shape index (κ1) is 50.7. The number of benzene rings is 1. The van der Waals surface area contributed by atoms with E-state index in [4.69, 9.17) is 44.6 Å². The summed E-state index contributed by atoms with van der Waals surface area (Å²) in [6.45, 7) is 10.2. The average molecular weight is 942 g/mol. The number of alkyl carbamates (subject to hydrolysis) is 1. The molecule has 4 aliphatic carbocycles. The van der Waals surface area contributed by atoms with Gasteiger partial charge in [-0.05, 0) is 69.9 Å². The maximum absolute atomic E-state index is 15.1. The lowest BCUT2D eigenvalue weighted by atomic mass is 9.44. The van der Waals surface area contributed by atoms with Crippen LogP contribution in [0, 0.1) is 16.7 Å². The Hall–Kier alpha value is -5.74. The Morgan fingerprint density at radius 2 is 1.64 bits per heavy atom. The average Bonchev–Trinajstić information content (AvgIpc) is 4.08. The van der Waals surface area contributed by atoms with E-state index < -0.39 is 149 Å². The van der Waals surface area contributed by atoms with Crippen LogP contribution in [0.3, 0.4) is 0 Å². The molecule has 0 unspecified atom stereocenters. The second-order valence-electron chi connectivity index (χ2n) is 19.5. The standard InChI is InChI=1S/C46H59N3O18/c1-21-26(63-40(58)34(32(23-14-15-23)49-41(59)67-42(3,4)5)64-30(53)19-61-29(52)16-25(47)38(48)56)18-46(60)37(65-39(57)24-12-10-9-11-13-24)35-44(8,36(55)33(54)31(21)43(46,6)7)27(51)17-28-45(35,20-62-28)66-22(2)50/h9-14,25-28,32-35,37,51,54,60H,15-20,47H2,1-8H3,(H2,48,56)(H,49,59)/t25-,26-,27-,28+,32-,33+,34+,35-,37-,44+,45-,46+/m0/s1. The zero-order valence-electron chi connectivity index (χ0n) is 38.5. The van der Waals surface area contributed by atoms with Gasteiger partial charge >= 0.3 is 35.9 Å². The molecule has 0 radical (unpaired) electrons. The van der Waals surface area contributed by atoms with E-state index in [0.717, 1.165) is 6.92 Å². The monoisotopic (exact) mass is 941 g/mol. The van der Waals surface area contributed by atoms with Crippen LogP contribution < -0.4 is 16.8 Å². The number of carbonyl (C=O) groups excluding carboxylic acids is 8. The van der Waals surface area contributed by atoms with Gasteiger partial charge in [-0.2, -0.15) is 0 Å². The zero-order chi connectivity index (χ0) is 49.8. The molecule has 6 rings (SSSR count). The van der Waals surface area contributed by atoms with Gasteiger partial charge < -0.3 is 65.3 Å². The molecule has 5 aliphatic rings. The van der Waals surface area contributed by atoms with Gasteiger partial charge in [-0.3, -0.25) is 19.2 Å². The molecule has 0 aromatic heterocycles. The van der Waals surface area contributed by atoms with Crippen LogP contribution in [0.1, 0.15) is 91.4 Å². The van der Waals surface area contributed by atoms with Crippen molar-refractivity contribution in [3.05, 3.63) is 58.7 Å². The molecule has 8 N–H and O–H groups in total. The van der Waals surface area contributed by atoms with Crippen molar-refractivity contribution in [2.24, 2.45) is 28.2 Å². The summed E-state index contributed by atoms with van der Waals surface area (Å²) in [6, 6.07) is 4.79. The molecule has 12 atom stereocenters. The Morgan fingerprint density at radius 3 is 2.19 bits per heavy atom. The summed E-state index contributed by atoms with van der Waals surface area (Å²) in [6.07, 6.45) is -11.1. The lowest BCUT2D eigenvalue weighted by Gasteiger charge is -2.67. The van der Waals surface area contributed by atoms with Crippen LogP contribution >= 0.6 is 0 Å². The van der Waals surface area contributed by atoms with Crippen molar-refractivity contribution >= 4 is 47.6 Å². The lowest BCUT2D eigenvalue weighted by Crippen LogP contribution is -2.81. The van der Waals surface area contributed by atoms with Gasteiger partial charge in [0.1, 0.15) is 41.7 Å². The molecule has 2 bridgehead atoms. The first-order valence-corrected chi connectivity index (χ1v) is 21.8. The number of primary amides is 1. The minimum Gasteiger partial charge on any atom is -0.455 e. The number of aliphatic hydroxyl groups is 3. The highest BCUT2D eigenvalue weighted by atomic mass is 16.6. The predicted octanol–water partition coefficient (Wildman–Crippen LogP) is 0.514. The number of esters is 5. The number of amides is 2. The van der Waals surface area contributed by atoms with E-state index in [2.05, 4.69) is 5.32 Å². The van der Waals surface area contributed by atoms with Crippen molar-refractivity contribution < 1.29 is 86.8 Å². The van der Waals surface area contributed by atoms with E-state index in [0.29, 0.717) is 5.57 Å². The van der Waals surface area contributed by atoms with Crippen molar-refractivity contribution in [2.45, 2.75) is 147 Å². The molecule has 2 saturated carbocycles. The predicted molar refractivity (Wildman–Crippen MR) is 228 cm³/mol. The first-order chi connectivity index (χ1) is 31.1. The van der Waals surface area contributed by atoms with E-state index in [1.165, 1.54) is 39.8 Å². The Morgan fingerprint density at radius 1 is 1.00 bits per heavy atom. The molecule has 21 nitrogen and oxygen atoms in total. The smallest absolute Gasteiger partial charge is 0.408 e. The Labute approximate surface area is 385 Å². The van der Waals surface area contributed by atoms with Crippen LogP contribution in [0.15, 0.2) is 53.1 Å². The summed E-state index contributed by atoms with van der Waals surface area (Å²) in [4.78, 5) is 107. The van der Waals surface area contributed by atoms with Crippen LogP contribution in [0.2, 0.25) is 0 Å². The quantitative estimate of drug-likeness (QED) is 0.0841. The third kappa shape index (κ3) is 9.56. The van der Waals surface area contributed by atoms with Gasteiger partial charge in [-0.15, -0.1) is 0 Å². The number of fused-ring (bicyclic) bond motifs is 5. The molecular weight excluding hydrogens is 883 g/mol. The Kier molecular flexibility index (Phi) is 13.9. The fourth-order valence-electron chi connectivity index (χ4n) is 10.00. The SMILES string of the molecule is CC(=O)O[C@@]12CO[C@@H]1C[C@H](O)[C@@]1(C)C(=O)[C@H](O)C3=C(C)[C@@H](OC(=O)[C@H](OC(=O)COC(=O)C[C@H](N)C(N)=O)[C@@H](NC(=O)OC(C)(C)C)C4=CC4)C[C@@](O)([C@@H](OC(=O)c4ccccc4)[C@H]21)C3(C)C. The van der Waals surface area contributed by atoms with Crippen LogP contribution in [0.4, 0.5) is 4.79 Å². The van der Waals surface area contributed by atoms with Gasteiger partial charge in [0.2, 0.25) is 12.0 Å².